The highest BCUT2D eigenvalue weighted by Gasteiger charge is 2.17. The van der Waals surface area contributed by atoms with Crippen molar-refractivity contribution in [2.75, 3.05) is 34.3 Å². The van der Waals surface area contributed by atoms with Crippen LogP contribution in [0.15, 0.2) is 22.7 Å². The summed E-state index contributed by atoms with van der Waals surface area (Å²) < 4.78 is 6.09. The number of ether oxygens (including phenoxy) is 1. The van der Waals surface area contributed by atoms with Gasteiger partial charge in [-0.25, -0.2) is 0 Å². The summed E-state index contributed by atoms with van der Waals surface area (Å²) in [5.74, 6) is 0.517. The van der Waals surface area contributed by atoms with E-state index in [1.807, 2.05) is 30.4 Å². The number of nitrogens with two attached hydrogens (primary N) is 1. The number of hydrogen-bond acceptors (Lipinski definition) is 3. The number of nitrogens with one attached hydrogen (secondary N) is 1. The Morgan fingerprint density at radius 2 is 2.14 bits per heavy atom. The molecule has 0 radical (unpaired) electrons. The van der Waals surface area contributed by atoms with Gasteiger partial charge in [0.2, 0.25) is 5.91 Å². The van der Waals surface area contributed by atoms with E-state index >= 15 is 0 Å². The molecule has 6 nitrogen and oxygen atoms in total. The average molecular weight is 373 g/mol. The topological polar surface area (TPSA) is 75.3 Å². The van der Waals surface area contributed by atoms with Crippen molar-refractivity contribution >= 4 is 27.7 Å². The zero-order valence-electron chi connectivity index (χ0n) is 13.4. The predicted molar refractivity (Wildman–Crippen MR) is 87.6 cm³/mol. The maximum Gasteiger partial charge on any atom is 0.277 e. The number of halogens is 1. The fourth-order valence-corrected chi connectivity index (χ4v) is 2.48. The number of benzene rings is 1. The molecule has 0 spiro atoms. The van der Waals surface area contributed by atoms with Crippen LogP contribution in [0.3, 0.4) is 0 Å². The summed E-state index contributed by atoms with van der Waals surface area (Å²) in [6.07, 6.45) is 0. The number of amides is 2. The van der Waals surface area contributed by atoms with E-state index in [1.165, 1.54) is 4.90 Å². The van der Waals surface area contributed by atoms with E-state index in [4.69, 9.17) is 4.74 Å². The lowest BCUT2D eigenvalue weighted by molar-refractivity contribution is -0.683. The Balaban J connectivity index is 2.55. The first-order chi connectivity index (χ1) is 10.4. The normalized spacial score (nSPS) is 11.7. The van der Waals surface area contributed by atoms with E-state index in [1.54, 1.807) is 21.2 Å². The van der Waals surface area contributed by atoms with E-state index in [0.29, 0.717) is 0 Å². The van der Waals surface area contributed by atoms with Crippen LogP contribution < -0.4 is 15.4 Å². The van der Waals surface area contributed by atoms with Crippen LogP contribution in [0.5, 0.6) is 5.75 Å². The molecule has 22 heavy (non-hydrogen) atoms. The van der Waals surface area contributed by atoms with Gasteiger partial charge < -0.3 is 20.3 Å². The maximum atomic E-state index is 12.0. The SMILES string of the molecule is CNC(=O)CN(C)C(=O)C[NH2+][C@H](C)c1ccc(OC)c(Br)c1. The fourth-order valence-electron chi connectivity index (χ4n) is 1.92. The van der Waals surface area contributed by atoms with Gasteiger partial charge in [-0.1, -0.05) is 0 Å². The van der Waals surface area contributed by atoms with E-state index in [0.717, 1.165) is 15.8 Å². The van der Waals surface area contributed by atoms with Gasteiger partial charge in [-0.05, 0) is 41.1 Å². The van der Waals surface area contributed by atoms with Crippen molar-refractivity contribution in [1.29, 1.82) is 0 Å². The molecule has 0 saturated carbocycles. The molecule has 0 aliphatic carbocycles. The highest BCUT2D eigenvalue weighted by Crippen LogP contribution is 2.26. The largest absolute Gasteiger partial charge is 0.496 e. The monoisotopic (exact) mass is 372 g/mol. The molecule has 0 aliphatic heterocycles. The smallest absolute Gasteiger partial charge is 0.277 e. The zero-order chi connectivity index (χ0) is 16.7. The predicted octanol–water partition coefficient (Wildman–Crippen LogP) is 0.287. The Bertz CT molecular complexity index is 537. The van der Waals surface area contributed by atoms with Crippen molar-refractivity contribution in [3.05, 3.63) is 28.2 Å². The Kier molecular flexibility index (Phi) is 7.34. The van der Waals surface area contributed by atoms with Crippen molar-refractivity contribution in [1.82, 2.24) is 10.2 Å². The Labute approximate surface area is 139 Å². The number of carbonyl (C=O) groups excluding carboxylic acids is 2. The minimum absolute atomic E-state index is 0.0750. The first-order valence-electron chi connectivity index (χ1n) is 7.00. The summed E-state index contributed by atoms with van der Waals surface area (Å²) in [6, 6.07) is 5.98. The second kappa shape index (κ2) is 8.75. The summed E-state index contributed by atoms with van der Waals surface area (Å²) in [5.41, 5.74) is 1.09. The van der Waals surface area contributed by atoms with Crippen LogP contribution in [0, 0.1) is 0 Å². The van der Waals surface area contributed by atoms with Crippen molar-refractivity contribution in [3.63, 3.8) is 0 Å². The van der Waals surface area contributed by atoms with E-state index in [-0.39, 0.29) is 30.9 Å². The summed E-state index contributed by atoms with van der Waals surface area (Å²) in [5, 5.41) is 4.44. The lowest BCUT2D eigenvalue weighted by Gasteiger charge is -2.17. The number of rotatable bonds is 7. The molecule has 0 saturated heterocycles. The third-order valence-corrected chi connectivity index (χ3v) is 4.05. The minimum atomic E-state index is -0.178. The quantitative estimate of drug-likeness (QED) is 0.721. The molecule has 1 aromatic rings. The highest BCUT2D eigenvalue weighted by molar-refractivity contribution is 9.10. The molecule has 0 bridgehead atoms. The van der Waals surface area contributed by atoms with Crippen LogP contribution in [0.1, 0.15) is 18.5 Å². The molecule has 0 heterocycles. The van der Waals surface area contributed by atoms with Gasteiger partial charge in [0.15, 0.2) is 6.54 Å². The molecular weight excluding hydrogens is 350 g/mol. The van der Waals surface area contributed by atoms with Gasteiger partial charge in [0.25, 0.3) is 5.91 Å². The van der Waals surface area contributed by atoms with Gasteiger partial charge in [0.1, 0.15) is 11.8 Å². The van der Waals surface area contributed by atoms with Gasteiger partial charge in [0, 0.05) is 19.7 Å². The number of likely N-dealkylation sites (N-methyl/N-ethyl adjacent to an activating group) is 2. The lowest BCUT2D eigenvalue weighted by Crippen LogP contribution is -2.87. The maximum absolute atomic E-state index is 12.0. The first kappa shape index (κ1) is 18.4. The standard InChI is InChI=1S/C15H22BrN3O3/c1-10(11-5-6-13(22-4)12(16)7-11)18-8-15(21)19(3)9-14(20)17-2/h5-7,10,18H,8-9H2,1-4H3,(H,17,20)/p+1/t10-/m1/s1. The fraction of sp³-hybridized carbons (Fsp3) is 0.467. The molecular formula is C15H23BrN3O3+. The molecule has 7 heteroatoms. The van der Waals surface area contributed by atoms with Gasteiger partial charge in [-0.3, -0.25) is 9.59 Å². The van der Waals surface area contributed by atoms with Crippen LogP contribution in [0.25, 0.3) is 0 Å². The van der Waals surface area contributed by atoms with Gasteiger partial charge >= 0.3 is 0 Å². The molecule has 2 amide bonds. The number of methoxy groups -OCH3 is 1. The van der Waals surface area contributed by atoms with E-state index < -0.39 is 0 Å². The van der Waals surface area contributed by atoms with Gasteiger partial charge in [0.05, 0.1) is 18.1 Å². The molecule has 0 unspecified atom stereocenters. The summed E-state index contributed by atoms with van der Waals surface area (Å²) in [7, 11) is 4.80. The van der Waals surface area contributed by atoms with Crippen molar-refractivity contribution < 1.29 is 19.6 Å². The van der Waals surface area contributed by atoms with Crippen LogP contribution >= 0.6 is 15.9 Å². The Hall–Kier alpha value is -1.60. The molecule has 0 aliphatic rings. The average Bonchev–Trinajstić information content (AvgIpc) is 2.51. The second-order valence-electron chi connectivity index (χ2n) is 5.05. The van der Waals surface area contributed by atoms with Crippen molar-refractivity contribution in [3.8, 4) is 5.75 Å². The van der Waals surface area contributed by atoms with Crippen LogP contribution in [-0.4, -0.2) is 51.0 Å². The first-order valence-corrected chi connectivity index (χ1v) is 7.79. The molecule has 122 valence electrons. The van der Waals surface area contributed by atoms with E-state index in [9.17, 15) is 9.59 Å². The number of quaternary nitrogens is 1. The highest BCUT2D eigenvalue weighted by atomic mass is 79.9. The Morgan fingerprint density at radius 1 is 1.45 bits per heavy atom. The Morgan fingerprint density at radius 3 is 2.68 bits per heavy atom. The van der Waals surface area contributed by atoms with Crippen LogP contribution in [-0.2, 0) is 9.59 Å². The third-order valence-electron chi connectivity index (χ3n) is 3.43. The summed E-state index contributed by atoms with van der Waals surface area (Å²) in [4.78, 5) is 24.7. The summed E-state index contributed by atoms with van der Waals surface area (Å²) >= 11 is 3.46. The van der Waals surface area contributed by atoms with Crippen LogP contribution in [0.2, 0.25) is 0 Å². The molecule has 0 aromatic heterocycles. The molecule has 0 fully saturated rings. The van der Waals surface area contributed by atoms with E-state index in [2.05, 4.69) is 21.2 Å². The molecule has 3 N–H and O–H groups in total. The minimum Gasteiger partial charge on any atom is -0.496 e. The number of hydrogen-bond donors (Lipinski definition) is 2. The third kappa shape index (κ3) is 5.31. The number of carbonyl (C=O) groups is 2. The van der Waals surface area contributed by atoms with Crippen LogP contribution in [0.4, 0.5) is 0 Å². The van der Waals surface area contributed by atoms with Crippen molar-refractivity contribution in [2.45, 2.75) is 13.0 Å². The summed E-state index contributed by atoms with van der Waals surface area (Å²) in [6.45, 7) is 2.39. The second-order valence-corrected chi connectivity index (χ2v) is 5.90. The zero-order valence-corrected chi connectivity index (χ0v) is 14.9. The van der Waals surface area contributed by atoms with Crippen molar-refractivity contribution in [2.24, 2.45) is 0 Å². The lowest BCUT2D eigenvalue weighted by atomic mass is 10.1. The van der Waals surface area contributed by atoms with Gasteiger partial charge in [-0.2, -0.15) is 0 Å². The molecule has 1 rings (SSSR count). The molecule has 1 aromatic carbocycles. The molecule has 1 atom stereocenters. The number of nitrogens with zero attached hydrogens (tertiary/aromatic N) is 1. The van der Waals surface area contributed by atoms with Gasteiger partial charge in [-0.15, -0.1) is 0 Å².